The van der Waals surface area contributed by atoms with Crippen LogP contribution in [0.25, 0.3) is 11.1 Å². The van der Waals surface area contributed by atoms with Crippen LogP contribution in [0, 0.1) is 0 Å². The fourth-order valence-electron chi connectivity index (χ4n) is 4.87. The van der Waals surface area contributed by atoms with E-state index in [1.54, 1.807) is 0 Å². The second kappa shape index (κ2) is 10.5. The number of carbonyl (C=O) groups excluding carboxylic acids is 2. The van der Waals surface area contributed by atoms with E-state index in [1.807, 2.05) is 48.5 Å². The highest BCUT2D eigenvalue weighted by Gasteiger charge is 2.49. The summed E-state index contributed by atoms with van der Waals surface area (Å²) in [5, 5.41) is 14.4. The van der Waals surface area contributed by atoms with Gasteiger partial charge in [0.2, 0.25) is 5.91 Å². The monoisotopic (exact) mass is 482 g/mol. The van der Waals surface area contributed by atoms with Crippen LogP contribution in [0.4, 0.5) is 4.79 Å². The molecule has 0 bridgehead atoms. The second-order valence-corrected chi connectivity index (χ2v) is 8.77. The molecule has 2 aromatic carbocycles. The van der Waals surface area contributed by atoms with E-state index in [-0.39, 0.29) is 25.4 Å². The Hall–Kier alpha value is -3.43. The molecule has 2 unspecified atom stereocenters. The van der Waals surface area contributed by atoms with Crippen LogP contribution in [0.5, 0.6) is 0 Å². The van der Waals surface area contributed by atoms with Crippen molar-refractivity contribution in [2.24, 2.45) is 0 Å². The molecule has 0 saturated heterocycles. The first-order valence-corrected chi connectivity index (χ1v) is 11.6. The van der Waals surface area contributed by atoms with E-state index < -0.39 is 35.8 Å². The van der Waals surface area contributed by atoms with Crippen LogP contribution < -0.4 is 10.6 Å². The van der Waals surface area contributed by atoms with E-state index in [1.165, 1.54) is 14.2 Å². The summed E-state index contributed by atoms with van der Waals surface area (Å²) in [7, 11) is 3.00. The lowest BCUT2D eigenvalue weighted by molar-refractivity contribution is -0.267. The summed E-state index contributed by atoms with van der Waals surface area (Å²) >= 11 is 0. The van der Waals surface area contributed by atoms with Crippen molar-refractivity contribution < 1.29 is 33.7 Å². The number of fused-ring (bicyclic) bond motifs is 3. The fourth-order valence-corrected chi connectivity index (χ4v) is 4.87. The summed E-state index contributed by atoms with van der Waals surface area (Å²) in [4.78, 5) is 36.7. The molecule has 9 heteroatoms. The number of amides is 2. The number of methoxy groups -OCH3 is 2. The summed E-state index contributed by atoms with van der Waals surface area (Å²) in [5.41, 5.74) is 4.36. The lowest BCUT2D eigenvalue weighted by atomic mass is 9.84. The van der Waals surface area contributed by atoms with Gasteiger partial charge in [0.05, 0.1) is 6.04 Å². The number of hydrogen-bond acceptors (Lipinski definition) is 6. The van der Waals surface area contributed by atoms with Crippen LogP contribution in [0.2, 0.25) is 0 Å². The number of ether oxygens (including phenoxy) is 3. The van der Waals surface area contributed by atoms with Crippen LogP contribution in [-0.2, 0) is 23.8 Å². The largest absolute Gasteiger partial charge is 0.481 e. The molecule has 186 valence electrons. The Morgan fingerprint density at radius 2 is 1.63 bits per heavy atom. The molecule has 1 fully saturated rings. The quantitative estimate of drug-likeness (QED) is 0.445. The average Bonchev–Trinajstić information content (AvgIpc) is 3.17. The third-order valence-corrected chi connectivity index (χ3v) is 6.92. The van der Waals surface area contributed by atoms with Crippen molar-refractivity contribution >= 4 is 18.0 Å². The lowest BCUT2D eigenvalue weighted by Crippen LogP contribution is -2.64. The van der Waals surface area contributed by atoms with Crippen molar-refractivity contribution in [1.29, 1.82) is 0 Å². The molecule has 2 aliphatic carbocycles. The maximum Gasteiger partial charge on any atom is 0.407 e. The molecule has 0 aromatic heterocycles. The highest BCUT2D eigenvalue weighted by molar-refractivity contribution is 5.86. The molecule has 0 aliphatic heterocycles. The van der Waals surface area contributed by atoms with Crippen LogP contribution in [-0.4, -0.2) is 61.8 Å². The fraction of sp³-hybridized carbons (Fsp3) is 0.423. The van der Waals surface area contributed by atoms with Crippen molar-refractivity contribution in [2.75, 3.05) is 20.8 Å². The van der Waals surface area contributed by atoms with Gasteiger partial charge in [0.25, 0.3) is 0 Å². The highest BCUT2D eigenvalue weighted by atomic mass is 16.7. The predicted octanol–water partition coefficient (Wildman–Crippen LogP) is 3.03. The standard InChI is InChI=1S/C26H30N2O7/c1-33-26(34-2)14-13-22(26)28-24(31)21(11-12-23(29)30)27-25(32)35-15-20-18-9-5-3-7-16(18)17-8-4-6-10-19(17)20/h3-10,20-22H,11-15H2,1-2H3,(H,27,32)(H,28,31)(H,29,30). The van der Waals surface area contributed by atoms with E-state index in [9.17, 15) is 14.4 Å². The Bertz CT molecular complexity index is 1050. The molecule has 1 saturated carbocycles. The molecule has 2 atom stereocenters. The summed E-state index contributed by atoms with van der Waals surface area (Å²) in [6, 6.07) is 14.5. The van der Waals surface area contributed by atoms with Crippen molar-refractivity contribution in [3.05, 3.63) is 59.7 Å². The number of alkyl carbamates (subject to hydrolysis) is 1. The number of carboxylic acid groups (broad SMARTS) is 1. The molecular weight excluding hydrogens is 452 g/mol. The molecular formula is C26H30N2O7. The van der Waals surface area contributed by atoms with Crippen LogP contribution in [0.1, 0.15) is 42.7 Å². The van der Waals surface area contributed by atoms with Crippen molar-refractivity contribution in [3.63, 3.8) is 0 Å². The number of aliphatic carboxylic acids is 1. The minimum atomic E-state index is -1.08. The number of nitrogens with one attached hydrogen (secondary N) is 2. The van der Waals surface area contributed by atoms with Gasteiger partial charge in [-0.15, -0.1) is 0 Å². The maximum atomic E-state index is 12.9. The van der Waals surface area contributed by atoms with Crippen LogP contribution in [0.3, 0.4) is 0 Å². The van der Waals surface area contributed by atoms with E-state index in [0.717, 1.165) is 22.3 Å². The van der Waals surface area contributed by atoms with Gasteiger partial charge in [-0.3, -0.25) is 9.59 Å². The summed E-state index contributed by atoms with van der Waals surface area (Å²) in [6.45, 7) is 0.0895. The molecule has 4 rings (SSSR count). The zero-order valence-corrected chi connectivity index (χ0v) is 19.8. The van der Waals surface area contributed by atoms with Gasteiger partial charge in [0.1, 0.15) is 12.6 Å². The predicted molar refractivity (Wildman–Crippen MR) is 127 cm³/mol. The first kappa shape index (κ1) is 24.7. The summed E-state index contributed by atoms with van der Waals surface area (Å²) in [6.07, 6.45) is 0.113. The maximum absolute atomic E-state index is 12.9. The number of carboxylic acids is 1. The molecule has 0 spiro atoms. The van der Waals surface area contributed by atoms with E-state index in [2.05, 4.69) is 10.6 Å². The summed E-state index contributed by atoms with van der Waals surface area (Å²) < 4.78 is 16.3. The van der Waals surface area contributed by atoms with Gasteiger partial charge in [0, 0.05) is 33.0 Å². The number of rotatable bonds is 10. The smallest absolute Gasteiger partial charge is 0.407 e. The third kappa shape index (κ3) is 5.01. The number of benzene rings is 2. The Morgan fingerprint density at radius 1 is 1.03 bits per heavy atom. The zero-order chi connectivity index (χ0) is 25.0. The molecule has 0 heterocycles. The van der Waals surface area contributed by atoms with Crippen molar-refractivity contribution in [2.45, 2.75) is 49.5 Å². The molecule has 2 amide bonds. The van der Waals surface area contributed by atoms with Gasteiger partial charge < -0.3 is 30.0 Å². The second-order valence-electron chi connectivity index (χ2n) is 8.77. The molecule has 35 heavy (non-hydrogen) atoms. The van der Waals surface area contributed by atoms with E-state index >= 15 is 0 Å². The molecule has 3 N–H and O–H groups in total. The van der Waals surface area contributed by atoms with Gasteiger partial charge in [0.15, 0.2) is 5.79 Å². The van der Waals surface area contributed by atoms with Crippen molar-refractivity contribution in [1.82, 2.24) is 10.6 Å². The molecule has 2 aliphatic rings. The Labute approximate surface area is 203 Å². The normalized spacial score (nSPS) is 18.5. The van der Waals surface area contributed by atoms with Gasteiger partial charge in [-0.05, 0) is 35.1 Å². The average molecular weight is 483 g/mol. The van der Waals surface area contributed by atoms with E-state index in [0.29, 0.717) is 12.8 Å². The Morgan fingerprint density at radius 3 is 2.14 bits per heavy atom. The number of carbonyl (C=O) groups is 3. The Balaban J connectivity index is 1.40. The first-order chi connectivity index (χ1) is 16.9. The van der Waals surface area contributed by atoms with E-state index in [4.69, 9.17) is 19.3 Å². The third-order valence-electron chi connectivity index (χ3n) is 6.92. The molecule has 2 aromatic rings. The van der Waals surface area contributed by atoms with Gasteiger partial charge in [-0.25, -0.2) is 4.79 Å². The number of hydrogen-bond donors (Lipinski definition) is 3. The van der Waals surface area contributed by atoms with Gasteiger partial charge in [-0.1, -0.05) is 48.5 Å². The first-order valence-electron chi connectivity index (χ1n) is 11.6. The van der Waals surface area contributed by atoms with Gasteiger partial charge in [-0.2, -0.15) is 0 Å². The lowest BCUT2D eigenvalue weighted by Gasteiger charge is -2.47. The summed E-state index contributed by atoms with van der Waals surface area (Å²) in [5.74, 6) is -2.62. The minimum Gasteiger partial charge on any atom is -0.481 e. The zero-order valence-electron chi connectivity index (χ0n) is 19.8. The molecule has 9 nitrogen and oxygen atoms in total. The molecule has 0 radical (unpaired) electrons. The topological polar surface area (TPSA) is 123 Å². The van der Waals surface area contributed by atoms with Crippen molar-refractivity contribution in [3.8, 4) is 11.1 Å². The Kier molecular flexibility index (Phi) is 7.37. The minimum absolute atomic E-state index is 0.0783. The van der Waals surface area contributed by atoms with Crippen LogP contribution in [0.15, 0.2) is 48.5 Å². The SMILES string of the molecule is COC1(OC)CCC1NC(=O)C(CCC(=O)O)NC(=O)OCC1c2ccccc2-c2ccccc21. The van der Waals surface area contributed by atoms with Crippen LogP contribution >= 0.6 is 0 Å². The highest BCUT2D eigenvalue weighted by Crippen LogP contribution is 2.44. The van der Waals surface area contributed by atoms with Gasteiger partial charge >= 0.3 is 12.1 Å².